The minimum atomic E-state index is -0.474. The molecule has 2 aromatic carbocycles. The Bertz CT molecular complexity index is 761. The van der Waals surface area contributed by atoms with Gasteiger partial charge in [-0.05, 0) is 30.3 Å². The number of hydrogen-bond acceptors (Lipinski definition) is 3. The van der Waals surface area contributed by atoms with E-state index in [1.54, 1.807) is 30.2 Å². The number of hydrogen-bond donors (Lipinski definition) is 0. The van der Waals surface area contributed by atoms with Gasteiger partial charge in [0.05, 0.1) is 12.7 Å². The molecule has 0 unspecified atom stereocenters. The summed E-state index contributed by atoms with van der Waals surface area (Å²) in [5.74, 6) is 0.0749. The summed E-state index contributed by atoms with van der Waals surface area (Å²) in [5, 5.41) is 0.671. The van der Waals surface area contributed by atoms with Gasteiger partial charge in [0.15, 0.2) is 0 Å². The van der Waals surface area contributed by atoms with Crippen molar-refractivity contribution in [2.24, 2.45) is 0 Å². The van der Waals surface area contributed by atoms with Crippen molar-refractivity contribution in [2.75, 3.05) is 33.3 Å². The van der Waals surface area contributed by atoms with Gasteiger partial charge in [-0.2, -0.15) is 0 Å². The molecule has 25 heavy (non-hydrogen) atoms. The molecule has 2 aromatic rings. The molecular formula is C19H20ClFN2O2. The molecule has 4 nitrogen and oxygen atoms in total. The second kappa shape index (κ2) is 7.85. The largest absolute Gasteiger partial charge is 0.496 e. The van der Waals surface area contributed by atoms with E-state index in [1.807, 2.05) is 12.1 Å². The quantitative estimate of drug-likeness (QED) is 0.835. The van der Waals surface area contributed by atoms with Crippen molar-refractivity contribution in [3.8, 4) is 5.75 Å². The minimum absolute atomic E-state index is 0.132. The molecule has 0 bridgehead atoms. The Morgan fingerprint density at radius 2 is 1.88 bits per heavy atom. The molecular weight excluding hydrogens is 343 g/mol. The number of halogens is 2. The topological polar surface area (TPSA) is 32.8 Å². The third-order valence-corrected chi connectivity index (χ3v) is 4.64. The highest BCUT2D eigenvalue weighted by Crippen LogP contribution is 2.24. The molecule has 0 saturated carbocycles. The van der Waals surface area contributed by atoms with E-state index in [9.17, 15) is 9.18 Å². The number of methoxy groups -OCH3 is 1. The Labute approximate surface area is 151 Å². The zero-order valence-corrected chi connectivity index (χ0v) is 14.8. The number of nitrogens with zero attached hydrogens (tertiary/aromatic N) is 2. The van der Waals surface area contributed by atoms with E-state index < -0.39 is 5.82 Å². The summed E-state index contributed by atoms with van der Waals surface area (Å²) in [6, 6.07) is 11.7. The van der Waals surface area contributed by atoms with Crippen LogP contribution in [0, 0.1) is 5.82 Å². The molecule has 0 atom stereocenters. The van der Waals surface area contributed by atoms with Crippen molar-refractivity contribution in [1.29, 1.82) is 0 Å². The molecule has 1 aliphatic rings. The van der Waals surface area contributed by atoms with Gasteiger partial charge in [0, 0.05) is 43.3 Å². The first-order valence-corrected chi connectivity index (χ1v) is 8.55. The molecule has 0 N–H and O–H groups in total. The predicted molar refractivity (Wildman–Crippen MR) is 95.6 cm³/mol. The van der Waals surface area contributed by atoms with E-state index in [2.05, 4.69) is 4.90 Å². The summed E-state index contributed by atoms with van der Waals surface area (Å²) in [7, 11) is 1.64. The van der Waals surface area contributed by atoms with Crippen LogP contribution < -0.4 is 4.74 Å². The summed E-state index contributed by atoms with van der Waals surface area (Å²) in [5.41, 5.74) is 1.15. The molecule has 0 radical (unpaired) electrons. The van der Waals surface area contributed by atoms with E-state index in [0.717, 1.165) is 24.4 Å². The molecule has 1 amide bonds. The van der Waals surface area contributed by atoms with Gasteiger partial charge >= 0.3 is 0 Å². The number of ether oxygens (including phenoxy) is 1. The number of rotatable bonds is 4. The number of carbonyl (C=O) groups excluding carboxylic acids is 1. The van der Waals surface area contributed by atoms with Gasteiger partial charge in [0.2, 0.25) is 0 Å². The van der Waals surface area contributed by atoms with Crippen LogP contribution in [0.4, 0.5) is 4.39 Å². The molecule has 1 saturated heterocycles. The van der Waals surface area contributed by atoms with Gasteiger partial charge < -0.3 is 9.64 Å². The molecule has 1 aliphatic heterocycles. The summed E-state index contributed by atoms with van der Waals surface area (Å²) in [6.45, 7) is 3.27. The van der Waals surface area contributed by atoms with Crippen molar-refractivity contribution in [2.45, 2.75) is 6.54 Å². The normalized spacial score (nSPS) is 15.2. The van der Waals surface area contributed by atoms with Gasteiger partial charge in [-0.15, -0.1) is 0 Å². The summed E-state index contributed by atoms with van der Waals surface area (Å²) in [6.07, 6.45) is 0. The van der Waals surface area contributed by atoms with Crippen molar-refractivity contribution in [3.05, 3.63) is 64.4 Å². The summed E-state index contributed by atoms with van der Waals surface area (Å²) >= 11 is 6.08. The van der Waals surface area contributed by atoms with E-state index in [-0.39, 0.29) is 11.5 Å². The van der Waals surface area contributed by atoms with Gasteiger partial charge in [-0.25, -0.2) is 4.39 Å². The van der Waals surface area contributed by atoms with Crippen LogP contribution in [-0.4, -0.2) is 49.0 Å². The smallest absolute Gasteiger partial charge is 0.256 e. The van der Waals surface area contributed by atoms with E-state index in [0.29, 0.717) is 24.7 Å². The lowest BCUT2D eigenvalue weighted by Gasteiger charge is -2.35. The Morgan fingerprint density at radius 3 is 2.56 bits per heavy atom. The first-order valence-electron chi connectivity index (χ1n) is 8.17. The molecule has 1 heterocycles. The monoisotopic (exact) mass is 362 g/mol. The zero-order valence-electron chi connectivity index (χ0n) is 14.0. The van der Waals surface area contributed by atoms with Crippen LogP contribution in [0.5, 0.6) is 5.75 Å². The second-order valence-electron chi connectivity index (χ2n) is 6.00. The van der Waals surface area contributed by atoms with Crippen LogP contribution in [-0.2, 0) is 6.54 Å². The summed E-state index contributed by atoms with van der Waals surface area (Å²) < 4.78 is 19.2. The van der Waals surface area contributed by atoms with Crippen LogP contribution in [0.1, 0.15) is 15.9 Å². The van der Waals surface area contributed by atoms with Crippen LogP contribution in [0.2, 0.25) is 5.02 Å². The number of carbonyl (C=O) groups is 1. The van der Waals surface area contributed by atoms with Gasteiger partial charge in [0.1, 0.15) is 11.6 Å². The lowest BCUT2D eigenvalue weighted by Crippen LogP contribution is -2.48. The Hall–Kier alpha value is -2.11. The fourth-order valence-corrected chi connectivity index (χ4v) is 3.22. The Balaban J connectivity index is 1.62. The number of piperazine rings is 1. The molecule has 132 valence electrons. The standard InChI is InChI=1S/C19H20ClFN2O2/c1-25-18-7-6-15(20)12-14(18)13-22-8-10-23(11-9-22)19(24)16-4-2-3-5-17(16)21/h2-7,12H,8-11,13H2,1H3. The molecule has 0 spiro atoms. The average Bonchev–Trinajstić information content (AvgIpc) is 2.62. The molecule has 6 heteroatoms. The SMILES string of the molecule is COc1ccc(Cl)cc1CN1CCN(C(=O)c2ccccc2F)CC1. The highest BCUT2D eigenvalue weighted by atomic mass is 35.5. The fraction of sp³-hybridized carbons (Fsp3) is 0.316. The maximum atomic E-state index is 13.8. The van der Waals surface area contributed by atoms with Crippen molar-refractivity contribution < 1.29 is 13.9 Å². The van der Waals surface area contributed by atoms with E-state index in [4.69, 9.17) is 16.3 Å². The zero-order chi connectivity index (χ0) is 17.8. The van der Waals surface area contributed by atoms with Crippen LogP contribution in [0.3, 0.4) is 0 Å². The maximum absolute atomic E-state index is 13.8. The average molecular weight is 363 g/mol. The van der Waals surface area contributed by atoms with Crippen molar-refractivity contribution in [3.63, 3.8) is 0 Å². The fourth-order valence-electron chi connectivity index (χ4n) is 3.03. The molecule has 1 fully saturated rings. The molecule has 0 aromatic heterocycles. The second-order valence-corrected chi connectivity index (χ2v) is 6.44. The van der Waals surface area contributed by atoms with Gasteiger partial charge in [0.25, 0.3) is 5.91 Å². The lowest BCUT2D eigenvalue weighted by molar-refractivity contribution is 0.0623. The van der Waals surface area contributed by atoms with Crippen molar-refractivity contribution >= 4 is 17.5 Å². The van der Waals surface area contributed by atoms with Crippen LogP contribution in [0.25, 0.3) is 0 Å². The number of amides is 1. The highest BCUT2D eigenvalue weighted by Gasteiger charge is 2.24. The molecule has 0 aliphatic carbocycles. The van der Waals surface area contributed by atoms with E-state index >= 15 is 0 Å². The third-order valence-electron chi connectivity index (χ3n) is 4.40. The van der Waals surface area contributed by atoms with Gasteiger partial charge in [-0.1, -0.05) is 23.7 Å². The lowest BCUT2D eigenvalue weighted by atomic mass is 10.1. The highest BCUT2D eigenvalue weighted by molar-refractivity contribution is 6.30. The summed E-state index contributed by atoms with van der Waals surface area (Å²) in [4.78, 5) is 16.4. The predicted octanol–water partition coefficient (Wildman–Crippen LogP) is 3.45. The maximum Gasteiger partial charge on any atom is 0.256 e. The number of benzene rings is 2. The van der Waals surface area contributed by atoms with Crippen molar-refractivity contribution in [1.82, 2.24) is 9.80 Å². The van der Waals surface area contributed by atoms with E-state index in [1.165, 1.54) is 12.1 Å². The van der Waals surface area contributed by atoms with Crippen LogP contribution >= 0.6 is 11.6 Å². The Kier molecular flexibility index (Phi) is 5.56. The Morgan fingerprint density at radius 1 is 1.16 bits per heavy atom. The van der Waals surface area contributed by atoms with Crippen LogP contribution in [0.15, 0.2) is 42.5 Å². The minimum Gasteiger partial charge on any atom is -0.496 e. The first-order chi connectivity index (χ1) is 12.1. The molecule has 3 rings (SSSR count). The first kappa shape index (κ1) is 17.7. The third kappa shape index (κ3) is 4.11. The van der Waals surface area contributed by atoms with Gasteiger partial charge in [-0.3, -0.25) is 9.69 Å².